The topological polar surface area (TPSA) is 88.6 Å². The van der Waals surface area contributed by atoms with Crippen molar-refractivity contribution in [2.24, 2.45) is 0 Å². The first kappa shape index (κ1) is 23.1. The molecule has 0 aliphatic carbocycles. The summed E-state index contributed by atoms with van der Waals surface area (Å²) in [5, 5.41) is 7.01. The summed E-state index contributed by atoms with van der Waals surface area (Å²) in [7, 11) is -1.03. The van der Waals surface area contributed by atoms with Gasteiger partial charge in [-0.05, 0) is 35.2 Å². The molecular formula is C23H21N3O4S3. The monoisotopic (exact) mass is 499 g/mol. The van der Waals surface area contributed by atoms with Crippen LogP contribution >= 0.6 is 22.7 Å². The Morgan fingerprint density at radius 2 is 1.88 bits per heavy atom. The fourth-order valence-corrected chi connectivity index (χ4v) is 5.95. The summed E-state index contributed by atoms with van der Waals surface area (Å²) in [4.78, 5) is 18.2. The van der Waals surface area contributed by atoms with Crippen LogP contribution < -0.4 is 10.1 Å². The molecule has 2 aromatic heterocycles. The van der Waals surface area contributed by atoms with Crippen LogP contribution in [-0.4, -0.2) is 37.8 Å². The molecule has 4 aromatic rings. The number of rotatable bonds is 8. The fraction of sp³-hybridized carbons (Fsp3) is 0.130. The zero-order chi connectivity index (χ0) is 23.4. The van der Waals surface area contributed by atoms with Gasteiger partial charge in [-0.2, -0.15) is 4.31 Å². The lowest BCUT2D eigenvalue weighted by Crippen LogP contribution is -2.27. The Morgan fingerprint density at radius 3 is 2.58 bits per heavy atom. The van der Waals surface area contributed by atoms with Crippen LogP contribution in [0.3, 0.4) is 0 Å². The predicted octanol–water partition coefficient (Wildman–Crippen LogP) is 4.95. The Bertz CT molecular complexity index is 1350. The van der Waals surface area contributed by atoms with E-state index in [1.807, 2.05) is 53.2 Å². The molecule has 0 spiro atoms. The van der Waals surface area contributed by atoms with Crippen molar-refractivity contribution in [3.63, 3.8) is 0 Å². The van der Waals surface area contributed by atoms with Crippen molar-refractivity contribution in [2.45, 2.75) is 11.4 Å². The van der Waals surface area contributed by atoms with Crippen LogP contribution in [0.1, 0.15) is 15.9 Å². The molecule has 2 heterocycles. The molecule has 0 atom stereocenters. The van der Waals surface area contributed by atoms with Crippen LogP contribution in [0.2, 0.25) is 0 Å². The minimum atomic E-state index is -3.92. The number of thiophene rings is 1. The van der Waals surface area contributed by atoms with Gasteiger partial charge in [-0.15, -0.1) is 22.7 Å². The molecule has 0 unspecified atom stereocenters. The minimum absolute atomic E-state index is 0.0745. The van der Waals surface area contributed by atoms with Gasteiger partial charge in [0.05, 0.1) is 17.7 Å². The predicted molar refractivity (Wildman–Crippen MR) is 131 cm³/mol. The van der Waals surface area contributed by atoms with Crippen molar-refractivity contribution >= 4 is 43.7 Å². The van der Waals surface area contributed by atoms with E-state index < -0.39 is 15.9 Å². The first-order chi connectivity index (χ1) is 15.9. The van der Waals surface area contributed by atoms with Crippen LogP contribution in [0.25, 0.3) is 10.6 Å². The van der Waals surface area contributed by atoms with Crippen LogP contribution in [0.4, 0.5) is 5.13 Å². The van der Waals surface area contributed by atoms with E-state index in [0.717, 1.165) is 16.1 Å². The third kappa shape index (κ3) is 5.14. The second-order valence-electron chi connectivity index (χ2n) is 7.08. The molecule has 0 saturated carbocycles. The molecule has 7 nitrogen and oxygen atoms in total. The maximum atomic E-state index is 13.3. The summed E-state index contributed by atoms with van der Waals surface area (Å²) in [6.45, 7) is 0.188. The van der Waals surface area contributed by atoms with Gasteiger partial charge in [0.15, 0.2) is 5.13 Å². The van der Waals surface area contributed by atoms with E-state index in [1.54, 1.807) is 11.3 Å². The number of nitrogens with zero attached hydrogens (tertiary/aromatic N) is 2. The van der Waals surface area contributed by atoms with Gasteiger partial charge in [-0.1, -0.05) is 36.4 Å². The minimum Gasteiger partial charge on any atom is -0.495 e. The third-order valence-corrected chi connectivity index (χ3v) is 8.34. The number of ether oxygens (including phenoxy) is 1. The van der Waals surface area contributed by atoms with Crippen LogP contribution in [0.15, 0.2) is 76.3 Å². The first-order valence-electron chi connectivity index (χ1n) is 9.87. The number of sulfonamides is 1. The SMILES string of the molecule is COc1ccc(C(=O)Nc2nc(-c3cccs3)cs2)cc1S(=O)(=O)N(C)Cc1ccccc1. The number of benzene rings is 2. The van der Waals surface area contributed by atoms with Gasteiger partial charge >= 0.3 is 0 Å². The second kappa shape index (κ2) is 9.84. The van der Waals surface area contributed by atoms with Crippen LogP contribution in [0.5, 0.6) is 5.75 Å². The van der Waals surface area contributed by atoms with Crippen molar-refractivity contribution in [1.82, 2.24) is 9.29 Å². The number of carbonyl (C=O) groups is 1. The number of nitrogens with one attached hydrogen (secondary N) is 1. The summed E-state index contributed by atoms with van der Waals surface area (Å²) in [6, 6.07) is 17.5. The van der Waals surface area contributed by atoms with E-state index in [-0.39, 0.29) is 22.8 Å². The molecule has 33 heavy (non-hydrogen) atoms. The lowest BCUT2D eigenvalue weighted by Gasteiger charge is -2.19. The van der Waals surface area contributed by atoms with Gasteiger partial charge in [0.2, 0.25) is 10.0 Å². The average Bonchev–Trinajstić information content (AvgIpc) is 3.51. The van der Waals surface area contributed by atoms with Gasteiger partial charge in [0.25, 0.3) is 5.91 Å². The number of amides is 1. The lowest BCUT2D eigenvalue weighted by molar-refractivity contribution is 0.102. The Labute approximate surface area is 200 Å². The zero-order valence-electron chi connectivity index (χ0n) is 17.9. The summed E-state index contributed by atoms with van der Waals surface area (Å²) < 4.78 is 33.1. The number of hydrogen-bond acceptors (Lipinski definition) is 7. The molecule has 0 fully saturated rings. The number of methoxy groups -OCH3 is 1. The molecule has 0 radical (unpaired) electrons. The molecule has 2 aromatic carbocycles. The highest BCUT2D eigenvalue weighted by Crippen LogP contribution is 2.30. The Balaban J connectivity index is 1.57. The molecule has 0 aliphatic heterocycles. The molecule has 0 bridgehead atoms. The number of anilines is 1. The molecule has 0 aliphatic rings. The van der Waals surface area contributed by atoms with E-state index in [0.29, 0.717) is 5.13 Å². The van der Waals surface area contributed by atoms with Crippen molar-refractivity contribution in [1.29, 1.82) is 0 Å². The molecule has 10 heteroatoms. The Hall–Kier alpha value is -3.05. The second-order valence-corrected chi connectivity index (χ2v) is 10.9. The third-order valence-electron chi connectivity index (χ3n) is 4.86. The molecular weight excluding hydrogens is 478 g/mol. The van der Waals surface area contributed by atoms with Crippen molar-refractivity contribution in [3.8, 4) is 16.3 Å². The summed E-state index contributed by atoms with van der Waals surface area (Å²) >= 11 is 2.87. The molecule has 4 rings (SSSR count). The van der Waals surface area contributed by atoms with E-state index >= 15 is 0 Å². The van der Waals surface area contributed by atoms with Gasteiger partial charge in [-0.3, -0.25) is 10.1 Å². The summed E-state index contributed by atoms with van der Waals surface area (Å²) in [5.41, 5.74) is 1.82. The summed E-state index contributed by atoms with van der Waals surface area (Å²) in [6.07, 6.45) is 0. The number of thiazole rings is 1. The maximum Gasteiger partial charge on any atom is 0.257 e. The smallest absolute Gasteiger partial charge is 0.257 e. The van der Waals surface area contributed by atoms with Crippen molar-refractivity contribution in [2.75, 3.05) is 19.5 Å². The van der Waals surface area contributed by atoms with Gasteiger partial charge in [-0.25, -0.2) is 13.4 Å². The standard InChI is InChI=1S/C23H21N3O4S3/c1-26(14-16-7-4-3-5-8-16)33(28,29)21-13-17(10-11-19(21)30-2)22(27)25-23-24-18(15-32-23)20-9-6-12-31-20/h3-13,15H,14H2,1-2H3,(H,24,25,27). The molecule has 170 valence electrons. The Morgan fingerprint density at radius 1 is 1.09 bits per heavy atom. The van der Waals surface area contributed by atoms with Crippen molar-refractivity contribution in [3.05, 3.63) is 82.6 Å². The quantitative estimate of drug-likeness (QED) is 0.370. The molecule has 1 amide bonds. The molecule has 1 N–H and O–H groups in total. The highest BCUT2D eigenvalue weighted by molar-refractivity contribution is 7.89. The zero-order valence-corrected chi connectivity index (χ0v) is 20.3. The highest BCUT2D eigenvalue weighted by atomic mass is 32.2. The van der Waals surface area contributed by atoms with Gasteiger partial charge in [0.1, 0.15) is 10.6 Å². The van der Waals surface area contributed by atoms with E-state index in [4.69, 9.17) is 4.74 Å². The largest absolute Gasteiger partial charge is 0.495 e. The Kier molecular flexibility index (Phi) is 6.89. The number of hydrogen-bond donors (Lipinski definition) is 1. The van der Waals surface area contributed by atoms with Crippen LogP contribution in [-0.2, 0) is 16.6 Å². The van der Waals surface area contributed by atoms with Gasteiger partial charge < -0.3 is 4.74 Å². The van der Waals surface area contributed by atoms with E-state index in [1.165, 1.54) is 48.0 Å². The first-order valence-corrected chi connectivity index (χ1v) is 13.1. The lowest BCUT2D eigenvalue weighted by atomic mass is 10.2. The fourth-order valence-electron chi connectivity index (χ4n) is 3.15. The molecule has 0 saturated heterocycles. The maximum absolute atomic E-state index is 13.3. The normalized spacial score (nSPS) is 11.5. The van der Waals surface area contributed by atoms with E-state index in [2.05, 4.69) is 10.3 Å². The highest BCUT2D eigenvalue weighted by Gasteiger charge is 2.26. The average molecular weight is 500 g/mol. The number of aromatic nitrogens is 1. The van der Waals surface area contributed by atoms with Crippen LogP contribution in [0, 0.1) is 0 Å². The van der Waals surface area contributed by atoms with Crippen molar-refractivity contribution < 1.29 is 17.9 Å². The van der Waals surface area contributed by atoms with E-state index in [9.17, 15) is 13.2 Å². The number of carbonyl (C=O) groups excluding carboxylic acids is 1. The van der Waals surface area contributed by atoms with Gasteiger partial charge in [0, 0.05) is 24.5 Å². The summed E-state index contributed by atoms with van der Waals surface area (Å²) in [5.74, 6) is -0.285.